The summed E-state index contributed by atoms with van der Waals surface area (Å²) in [5.74, 6) is -1.24. The molecule has 7 nitrogen and oxygen atoms in total. The first kappa shape index (κ1) is 28.1. The van der Waals surface area contributed by atoms with Gasteiger partial charge in [0.15, 0.2) is 0 Å². The monoisotopic (exact) mass is 451 g/mol. The fourth-order valence-corrected chi connectivity index (χ4v) is 4.38. The number of amides is 2. The minimum Gasteiger partial charge on any atom is -0.478 e. The van der Waals surface area contributed by atoms with Crippen LogP contribution < -0.4 is 5.32 Å². The highest BCUT2D eigenvalue weighted by Crippen LogP contribution is 2.23. The molecule has 0 aromatic rings. The molecule has 2 amide bonds. The minimum atomic E-state index is -0.995. The molecule has 1 aliphatic heterocycles. The molecular weight excluding hydrogens is 406 g/mol. The number of carboxylic acid groups (broad SMARTS) is 1. The van der Waals surface area contributed by atoms with Crippen molar-refractivity contribution >= 4 is 17.8 Å². The number of piperidine rings is 1. The van der Waals surface area contributed by atoms with Crippen LogP contribution in [0.1, 0.15) is 80.6 Å². The lowest BCUT2D eigenvalue weighted by Gasteiger charge is -2.40. The van der Waals surface area contributed by atoms with Crippen molar-refractivity contribution < 1.29 is 19.5 Å². The highest BCUT2D eigenvalue weighted by atomic mass is 16.4. The van der Waals surface area contributed by atoms with E-state index in [0.29, 0.717) is 6.04 Å². The van der Waals surface area contributed by atoms with E-state index in [2.05, 4.69) is 24.1 Å². The lowest BCUT2D eigenvalue weighted by atomic mass is 9.93. The third-order valence-corrected chi connectivity index (χ3v) is 7.02. The molecule has 0 spiro atoms. The van der Waals surface area contributed by atoms with Crippen molar-refractivity contribution in [1.82, 2.24) is 15.1 Å². The molecule has 1 heterocycles. The van der Waals surface area contributed by atoms with Gasteiger partial charge in [0.25, 0.3) is 0 Å². The highest BCUT2D eigenvalue weighted by Gasteiger charge is 2.36. The molecule has 1 saturated heterocycles. The second-order valence-electron chi connectivity index (χ2n) is 9.72. The van der Waals surface area contributed by atoms with Gasteiger partial charge in [0.1, 0.15) is 6.04 Å². The number of nitrogens with zero attached hydrogens (tertiary/aromatic N) is 2. The summed E-state index contributed by atoms with van der Waals surface area (Å²) in [5.41, 5.74) is 0.207. The zero-order chi connectivity index (χ0) is 24.6. The molecule has 1 aliphatic rings. The van der Waals surface area contributed by atoms with Gasteiger partial charge in [0, 0.05) is 18.7 Å². The Balaban J connectivity index is 3.13. The Bertz CT molecular complexity index is 676. The number of rotatable bonds is 11. The van der Waals surface area contributed by atoms with Crippen molar-refractivity contribution in [3.05, 3.63) is 11.6 Å². The molecule has 7 heteroatoms. The van der Waals surface area contributed by atoms with Crippen LogP contribution in [0.15, 0.2) is 11.6 Å². The van der Waals surface area contributed by atoms with Crippen LogP contribution in [0.2, 0.25) is 0 Å². The summed E-state index contributed by atoms with van der Waals surface area (Å²) >= 11 is 0. The Morgan fingerprint density at radius 1 is 1.12 bits per heavy atom. The average Bonchev–Trinajstić information content (AvgIpc) is 2.78. The van der Waals surface area contributed by atoms with E-state index in [4.69, 9.17) is 0 Å². The Labute approximate surface area is 194 Å². The molecule has 2 N–H and O–H groups in total. The molecule has 0 saturated carbocycles. The highest BCUT2D eigenvalue weighted by molar-refractivity contribution is 5.90. The number of carbonyl (C=O) groups excluding carboxylic acids is 2. The van der Waals surface area contributed by atoms with Crippen LogP contribution in [-0.4, -0.2) is 70.4 Å². The summed E-state index contributed by atoms with van der Waals surface area (Å²) in [6, 6.07) is -0.898. The van der Waals surface area contributed by atoms with Gasteiger partial charge in [-0.25, -0.2) is 4.79 Å². The summed E-state index contributed by atoms with van der Waals surface area (Å²) in [5, 5.41) is 12.4. The van der Waals surface area contributed by atoms with E-state index >= 15 is 0 Å². The number of carboxylic acids is 1. The minimum absolute atomic E-state index is 0.0331. The largest absolute Gasteiger partial charge is 0.478 e. The van der Waals surface area contributed by atoms with Crippen molar-refractivity contribution in [3.8, 4) is 0 Å². The first-order valence-corrected chi connectivity index (χ1v) is 12.2. The standard InChI is InChI=1S/C25H45N3O4/c1-9-17(5)22(24(30)27(8)21(16(3)4)15-18(6)25(31)32)26-23(29)20-13-11-12-14-28(20)19(7)10-2/h15-17,19-22H,9-14H2,1-8H3,(H,26,29)(H,31,32)/b18-15+. The number of carbonyl (C=O) groups is 3. The van der Waals surface area contributed by atoms with E-state index in [1.807, 2.05) is 27.7 Å². The second-order valence-corrected chi connectivity index (χ2v) is 9.72. The summed E-state index contributed by atoms with van der Waals surface area (Å²) in [6.07, 6.45) is 6.28. The van der Waals surface area contributed by atoms with Crippen LogP contribution >= 0.6 is 0 Å². The topological polar surface area (TPSA) is 90.0 Å². The van der Waals surface area contributed by atoms with Crippen molar-refractivity contribution in [1.29, 1.82) is 0 Å². The molecule has 1 fully saturated rings. The van der Waals surface area contributed by atoms with Crippen LogP contribution in [0.4, 0.5) is 0 Å². The Hall–Kier alpha value is -1.89. The number of nitrogens with one attached hydrogen (secondary N) is 1. The van der Waals surface area contributed by atoms with E-state index in [-0.39, 0.29) is 41.3 Å². The van der Waals surface area contributed by atoms with Crippen molar-refractivity contribution in [3.63, 3.8) is 0 Å². The first-order valence-electron chi connectivity index (χ1n) is 12.2. The smallest absolute Gasteiger partial charge is 0.331 e. The quantitative estimate of drug-likeness (QED) is 0.468. The predicted molar refractivity (Wildman–Crippen MR) is 128 cm³/mol. The Kier molecular flexibility index (Phi) is 11.4. The molecule has 0 bridgehead atoms. The van der Waals surface area contributed by atoms with Gasteiger partial charge in [-0.1, -0.05) is 53.5 Å². The maximum absolute atomic E-state index is 13.6. The van der Waals surface area contributed by atoms with Gasteiger partial charge in [-0.2, -0.15) is 0 Å². The molecule has 0 aliphatic carbocycles. The summed E-state index contributed by atoms with van der Waals surface area (Å²) in [4.78, 5) is 42.1. The van der Waals surface area contributed by atoms with Gasteiger partial charge in [0.05, 0.1) is 12.1 Å². The third kappa shape index (κ3) is 7.32. The molecule has 5 unspecified atom stereocenters. The fraction of sp³-hybridized carbons (Fsp3) is 0.800. The number of aliphatic carboxylic acids is 1. The molecule has 0 radical (unpaired) electrons. The van der Waals surface area contributed by atoms with Gasteiger partial charge < -0.3 is 15.3 Å². The first-order chi connectivity index (χ1) is 15.0. The summed E-state index contributed by atoms with van der Waals surface area (Å²) in [7, 11) is 1.70. The van der Waals surface area contributed by atoms with E-state index in [1.165, 1.54) is 6.92 Å². The van der Waals surface area contributed by atoms with Gasteiger partial charge in [-0.05, 0) is 51.5 Å². The molecule has 184 valence electrons. The lowest BCUT2D eigenvalue weighted by molar-refractivity contribution is -0.140. The Morgan fingerprint density at radius 3 is 2.25 bits per heavy atom. The predicted octanol–water partition coefficient (Wildman–Crippen LogP) is 3.68. The van der Waals surface area contributed by atoms with E-state index in [9.17, 15) is 19.5 Å². The maximum atomic E-state index is 13.6. The molecule has 0 aromatic heterocycles. The zero-order valence-corrected chi connectivity index (χ0v) is 21.4. The molecule has 0 aromatic carbocycles. The van der Waals surface area contributed by atoms with Crippen molar-refractivity contribution in [2.45, 2.75) is 105 Å². The van der Waals surface area contributed by atoms with Crippen LogP contribution in [0.5, 0.6) is 0 Å². The van der Waals surface area contributed by atoms with Crippen molar-refractivity contribution in [2.24, 2.45) is 11.8 Å². The van der Waals surface area contributed by atoms with Crippen LogP contribution in [0, 0.1) is 11.8 Å². The molecule has 1 rings (SSSR count). The van der Waals surface area contributed by atoms with Gasteiger partial charge in [-0.15, -0.1) is 0 Å². The maximum Gasteiger partial charge on any atom is 0.331 e. The SMILES string of the molecule is CCC(C)C(NC(=O)C1CCCCN1C(C)CC)C(=O)N(C)C(/C=C(\C)C(=O)O)C(C)C. The molecule has 32 heavy (non-hydrogen) atoms. The van der Waals surface area contributed by atoms with Crippen LogP contribution in [0.25, 0.3) is 0 Å². The summed E-state index contributed by atoms with van der Waals surface area (Å²) < 4.78 is 0. The van der Waals surface area contributed by atoms with Gasteiger partial charge in [-0.3, -0.25) is 14.5 Å². The average molecular weight is 452 g/mol. The third-order valence-electron chi connectivity index (χ3n) is 7.02. The molecular formula is C25H45N3O4. The normalized spacial score (nSPS) is 21.5. The number of hydrogen-bond donors (Lipinski definition) is 2. The lowest BCUT2D eigenvalue weighted by Crippen LogP contribution is -2.59. The number of likely N-dealkylation sites (N-methyl/N-ethyl adjacent to an activating group) is 1. The Morgan fingerprint density at radius 2 is 1.75 bits per heavy atom. The van der Waals surface area contributed by atoms with E-state index < -0.39 is 12.0 Å². The fourth-order valence-electron chi connectivity index (χ4n) is 4.38. The zero-order valence-electron chi connectivity index (χ0n) is 21.4. The summed E-state index contributed by atoms with van der Waals surface area (Å²) in [6.45, 7) is 14.6. The van der Waals surface area contributed by atoms with Crippen LogP contribution in [0.3, 0.4) is 0 Å². The van der Waals surface area contributed by atoms with E-state index in [1.54, 1.807) is 18.0 Å². The second kappa shape index (κ2) is 13.0. The molecule has 5 atom stereocenters. The van der Waals surface area contributed by atoms with E-state index in [0.717, 1.165) is 38.6 Å². The van der Waals surface area contributed by atoms with Crippen molar-refractivity contribution in [2.75, 3.05) is 13.6 Å². The number of hydrogen-bond acceptors (Lipinski definition) is 4. The number of likely N-dealkylation sites (tertiary alicyclic amines) is 1. The van der Waals surface area contributed by atoms with Crippen LogP contribution in [-0.2, 0) is 14.4 Å². The van der Waals surface area contributed by atoms with Gasteiger partial charge in [0.2, 0.25) is 11.8 Å². The van der Waals surface area contributed by atoms with Gasteiger partial charge >= 0.3 is 5.97 Å².